The first-order valence-electron chi connectivity index (χ1n) is 7.78. The van der Waals surface area contributed by atoms with Crippen molar-refractivity contribution in [2.75, 3.05) is 24.6 Å². The van der Waals surface area contributed by atoms with E-state index in [4.69, 9.17) is 16.3 Å². The quantitative estimate of drug-likeness (QED) is 0.838. The number of hydrogen-bond donors (Lipinski definition) is 2. The minimum atomic E-state index is -0.492. The number of carbonyl (C=O) groups excluding carboxylic acids is 2. The van der Waals surface area contributed by atoms with Gasteiger partial charge in [-0.25, -0.2) is 0 Å². The van der Waals surface area contributed by atoms with Gasteiger partial charge >= 0.3 is 0 Å². The summed E-state index contributed by atoms with van der Waals surface area (Å²) in [5.41, 5.74) is 0.795. The molecule has 2 amide bonds. The van der Waals surface area contributed by atoms with E-state index in [0.717, 1.165) is 5.69 Å². The van der Waals surface area contributed by atoms with Crippen molar-refractivity contribution in [1.29, 1.82) is 0 Å². The topological polar surface area (TPSA) is 70.7 Å². The third kappa shape index (κ3) is 4.00. The molecule has 1 aromatic rings. The van der Waals surface area contributed by atoms with E-state index in [1.165, 1.54) is 0 Å². The van der Waals surface area contributed by atoms with Crippen LogP contribution in [-0.4, -0.2) is 49.7 Å². The number of amides is 2. The van der Waals surface area contributed by atoms with Gasteiger partial charge in [-0.05, 0) is 37.6 Å². The van der Waals surface area contributed by atoms with Gasteiger partial charge in [0, 0.05) is 23.8 Å². The molecule has 2 aliphatic rings. The molecule has 2 aliphatic heterocycles. The number of hydrogen-bond acceptors (Lipinski definition) is 4. The average molecular weight is 374 g/mol. The first-order chi connectivity index (χ1) is 11.1. The summed E-state index contributed by atoms with van der Waals surface area (Å²) in [6.45, 7) is 3.66. The van der Waals surface area contributed by atoms with E-state index in [2.05, 4.69) is 10.6 Å². The molecule has 1 unspecified atom stereocenters. The highest BCUT2D eigenvalue weighted by atomic mass is 35.5. The Morgan fingerprint density at radius 3 is 2.75 bits per heavy atom. The molecule has 0 bridgehead atoms. The van der Waals surface area contributed by atoms with Crippen molar-refractivity contribution in [1.82, 2.24) is 10.6 Å². The highest BCUT2D eigenvalue weighted by Gasteiger charge is 2.36. The molecule has 0 radical (unpaired) electrons. The van der Waals surface area contributed by atoms with Gasteiger partial charge in [-0.15, -0.1) is 12.4 Å². The summed E-state index contributed by atoms with van der Waals surface area (Å²) >= 11 is 5.87. The molecule has 3 atom stereocenters. The second-order valence-electron chi connectivity index (χ2n) is 5.82. The number of carbonyl (C=O) groups is 2. The van der Waals surface area contributed by atoms with Crippen molar-refractivity contribution in [3.8, 4) is 0 Å². The maximum Gasteiger partial charge on any atom is 0.249 e. The monoisotopic (exact) mass is 373 g/mol. The number of benzene rings is 1. The third-order valence-electron chi connectivity index (χ3n) is 4.26. The van der Waals surface area contributed by atoms with E-state index in [1.54, 1.807) is 17.0 Å². The Labute approximate surface area is 152 Å². The summed E-state index contributed by atoms with van der Waals surface area (Å²) in [5, 5.41) is 6.60. The zero-order valence-corrected chi connectivity index (χ0v) is 14.9. The molecular formula is C16H21Cl2N3O3. The molecule has 24 heavy (non-hydrogen) atoms. The number of ether oxygens (including phenoxy) is 1. The fraction of sp³-hybridized carbons (Fsp3) is 0.500. The van der Waals surface area contributed by atoms with E-state index >= 15 is 0 Å². The van der Waals surface area contributed by atoms with Crippen LogP contribution in [0.1, 0.15) is 13.3 Å². The minimum Gasteiger partial charge on any atom is -0.375 e. The zero-order valence-electron chi connectivity index (χ0n) is 13.3. The fourth-order valence-corrected chi connectivity index (χ4v) is 3.11. The van der Waals surface area contributed by atoms with Crippen LogP contribution < -0.4 is 15.5 Å². The van der Waals surface area contributed by atoms with E-state index in [1.807, 2.05) is 19.1 Å². The molecule has 3 rings (SSSR count). The first kappa shape index (κ1) is 19.0. The van der Waals surface area contributed by atoms with Crippen molar-refractivity contribution in [2.45, 2.75) is 31.5 Å². The molecule has 6 nitrogen and oxygen atoms in total. The number of halogens is 2. The van der Waals surface area contributed by atoms with Gasteiger partial charge < -0.3 is 20.3 Å². The van der Waals surface area contributed by atoms with Crippen molar-refractivity contribution < 1.29 is 14.3 Å². The second-order valence-corrected chi connectivity index (χ2v) is 6.26. The lowest BCUT2D eigenvalue weighted by atomic mass is 10.1. The molecule has 2 fully saturated rings. The Balaban J connectivity index is 0.00000208. The van der Waals surface area contributed by atoms with Crippen LogP contribution in [0.3, 0.4) is 0 Å². The third-order valence-corrected chi connectivity index (χ3v) is 4.51. The van der Waals surface area contributed by atoms with E-state index in [0.29, 0.717) is 31.1 Å². The Morgan fingerprint density at radius 1 is 1.38 bits per heavy atom. The molecule has 0 saturated carbocycles. The smallest absolute Gasteiger partial charge is 0.249 e. The number of rotatable bonds is 3. The molecule has 8 heteroatoms. The number of morpholine rings is 1. The minimum absolute atomic E-state index is 0. The number of nitrogens with one attached hydrogen (secondary N) is 2. The van der Waals surface area contributed by atoms with Crippen molar-refractivity contribution in [3.05, 3.63) is 29.3 Å². The molecule has 0 aliphatic carbocycles. The van der Waals surface area contributed by atoms with Gasteiger partial charge in [-0.2, -0.15) is 0 Å². The summed E-state index contributed by atoms with van der Waals surface area (Å²) < 4.78 is 5.47. The van der Waals surface area contributed by atoms with Gasteiger partial charge in [0.05, 0.1) is 12.7 Å². The van der Waals surface area contributed by atoms with Crippen molar-refractivity contribution in [3.63, 3.8) is 0 Å². The molecule has 2 N–H and O–H groups in total. The van der Waals surface area contributed by atoms with Gasteiger partial charge in [0.15, 0.2) is 0 Å². The van der Waals surface area contributed by atoms with Gasteiger partial charge in [-0.3, -0.25) is 9.59 Å². The number of anilines is 1. The van der Waals surface area contributed by atoms with Crippen LogP contribution in [0.4, 0.5) is 5.69 Å². The predicted molar refractivity (Wildman–Crippen MR) is 94.8 cm³/mol. The normalized spacial score (nSPS) is 26.8. The Morgan fingerprint density at radius 2 is 2.08 bits per heavy atom. The van der Waals surface area contributed by atoms with E-state index in [-0.39, 0.29) is 30.3 Å². The van der Waals surface area contributed by atoms with Gasteiger partial charge in [-0.1, -0.05) is 11.6 Å². The summed E-state index contributed by atoms with van der Waals surface area (Å²) in [6, 6.07) is 6.21. The SMILES string of the molecule is C[C@H]1OCCN[C@@H]1C(=O)NC1CCN(c2ccc(Cl)cc2)C1=O.Cl. The van der Waals surface area contributed by atoms with Crippen LogP contribution in [-0.2, 0) is 14.3 Å². The largest absolute Gasteiger partial charge is 0.375 e. The highest BCUT2D eigenvalue weighted by molar-refractivity contribution is 6.30. The standard InChI is InChI=1S/C16H20ClN3O3.ClH/c1-10-14(18-7-9-23-10)15(21)19-13-6-8-20(16(13)22)12-4-2-11(17)3-5-12;/h2-5,10,13-14,18H,6-9H2,1H3,(H,19,21);1H/t10-,13?,14+;/m1./s1. The van der Waals surface area contributed by atoms with Crippen molar-refractivity contribution in [2.24, 2.45) is 0 Å². The first-order valence-corrected chi connectivity index (χ1v) is 8.16. The molecule has 2 saturated heterocycles. The maximum absolute atomic E-state index is 12.5. The molecule has 0 aromatic heterocycles. The van der Waals surface area contributed by atoms with Crippen LogP contribution >= 0.6 is 24.0 Å². The Kier molecular flexibility index (Phi) is 6.46. The second kappa shape index (κ2) is 8.16. The lowest BCUT2D eigenvalue weighted by Gasteiger charge is -2.30. The maximum atomic E-state index is 12.5. The average Bonchev–Trinajstić information content (AvgIpc) is 2.89. The summed E-state index contributed by atoms with van der Waals surface area (Å²) in [7, 11) is 0. The van der Waals surface area contributed by atoms with Crippen LogP contribution in [0.5, 0.6) is 0 Å². The zero-order chi connectivity index (χ0) is 16.4. The summed E-state index contributed by atoms with van der Waals surface area (Å²) in [5.74, 6) is -0.279. The fourth-order valence-electron chi connectivity index (χ4n) is 2.98. The lowest BCUT2D eigenvalue weighted by Crippen LogP contribution is -2.57. The van der Waals surface area contributed by atoms with Crippen molar-refractivity contribution >= 4 is 41.5 Å². The van der Waals surface area contributed by atoms with Crippen LogP contribution in [0.25, 0.3) is 0 Å². The van der Waals surface area contributed by atoms with E-state index < -0.39 is 12.1 Å². The molecule has 0 spiro atoms. The van der Waals surface area contributed by atoms with Gasteiger partial charge in [0.1, 0.15) is 12.1 Å². The number of nitrogens with zero attached hydrogens (tertiary/aromatic N) is 1. The predicted octanol–water partition coefficient (Wildman–Crippen LogP) is 1.36. The Hall–Kier alpha value is -1.34. The molecule has 132 valence electrons. The lowest BCUT2D eigenvalue weighted by molar-refractivity contribution is -0.132. The molecular weight excluding hydrogens is 353 g/mol. The summed E-state index contributed by atoms with van der Waals surface area (Å²) in [4.78, 5) is 26.5. The highest BCUT2D eigenvalue weighted by Crippen LogP contribution is 2.23. The van der Waals surface area contributed by atoms with E-state index in [9.17, 15) is 9.59 Å². The van der Waals surface area contributed by atoms with Crippen LogP contribution in [0.2, 0.25) is 5.02 Å². The summed E-state index contributed by atoms with van der Waals surface area (Å²) in [6.07, 6.45) is 0.391. The van der Waals surface area contributed by atoms with Crippen LogP contribution in [0.15, 0.2) is 24.3 Å². The van der Waals surface area contributed by atoms with Gasteiger partial charge in [0.2, 0.25) is 11.8 Å². The Bertz CT molecular complexity index is 597. The molecule has 2 heterocycles. The van der Waals surface area contributed by atoms with Crippen LogP contribution in [0, 0.1) is 0 Å². The van der Waals surface area contributed by atoms with Gasteiger partial charge in [0.25, 0.3) is 0 Å². The molecule has 1 aromatic carbocycles.